The average Bonchev–Trinajstić information content (AvgIpc) is 2.95. The molecule has 3 unspecified atom stereocenters. The number of anilines is 2. The molecule has 3 aliphatic heterocycles. The van der Waals surface area contributed by atoms with Crippen LogP contribution in [0.1, 0.15) is 57.5 Å². The molecule has 0 bridgehead atoms. The maximum atomic E-state index is 4.55. The summed E-state index contributed by atoms with van der Waals surface area (Å²) < 4.78 is 0. The number of allylic oxidation sites excluding steroid dienone is 1. The van der Waals surface area contributed by atoms with E-state index >= 15 is 0 Å². The third-order valence-corrected chi connectivity index (χ3v) is 7.73. The van der Waals surface area contributed by atoms with Crippen molar-refractivity contribution < 1.29 is 0 Å². The van der Waals surface area contributed by atoms with E-state index in [2.05, 4.69) is 99.5 Å². The van der Waals surface area contributed by atoms with Crippen molar-refractivity contribution in [1.82, 2.24) is 0 Å². The van der Waals surface area contributed by atoms with Gasteiger partial charge in [-0.1, -0.05) is 57.7 Å². The summed E-state index contributed by atoms with van der Waals surface area (Å²) in [5, 5.41) is 0. The molecule has 3 heterocycles. The zero-order chi connectivity index (χ0) is 18.9. The standard InChI is InChI=1S/C25H26N2/c1-15-24(5)17-11-9-10-16-14-20(23(2,3)4)26-18-12-7-8-13-19(18)27(25(15,24)6)22(26)21(16)17/h7-14,22H,1H2,2-6H3. The van der Waals surface area contributed by atoms with E-state index in [1.807, 2.05) is 0 Å². The van der Waals surface area contributed by atoms with Gasteiger partial charge >= 0.3 is 0 Å². The number of benzene rings is 2. The number of nitrogens with zero attached hydrogens (tertiary/aromatic N) is 2. The van der Waals surface area contributed by atoms with Crippen molar-refractivity contribution in [1.29, 1.82) is 0 Å². The average molecular weight is 354 g/mol. The lowest BCUT2D eigenvalue weighted by atomic mass is 9.77. The molecular weight excluding hydrogens is 328 g/mol. The molecule has 3 atom stereocenters. The number of para-hydroxylation sites is 2. The molecule has 136 valence electrons. The molecule has 6 rings (SSSR count). The first-order chi connectivity index (χ1) is 12.7. The van der Waals surface area contributed by atoms with Crippen molar-refractivity contribution in [3.63, 3.8) is 0 Å². The third-order valence-electron chi connectivity index (χ3n) is 7.73. The fourth-order valence-corrected chi connectivity index (χ4v) is 6.05. The van der Waals surface area contributed by atoms with Crippen LogP contribution in [0.25, 0.3) is 6.08 Å². The van der Waals surface area contributed by atoms with Gasteiger partial charge in [0.2, 0.25) is 0 Å². The Labute approximate surface area is 161 Å². The predicted molar refractivity (Wildman–Crippen MR) is 113 cm³/mol. The summed E-state index contributed by atoms with van der Waals surface area (Å²) in [6.07, 6.45) is 2.65. The summed E-state index contributed by atoms with van der Waals surface area (Å²) in [5.74, 6) is 0. The Bertz CT molecular complexity index is 1090. The number of hydrogen-bond acceptors (Lipinski definition) is 2. The maximum Gasteiger partial charge on any atom is 0.134 e. The van der Waals surface area contributed by atoms with Gasteiger partial charge in [0, 0.05) is 22.1 Å². The molecule has 1 aliphatic carbocycles. The van der Waals surface area contributed by atoms with Crippen LogP contribution in [0.3, 0.4) is 0 Å². The van der Waals surface area contributed by atoms with Crippen LogP contribution in [0.5, 0.6) is 0 Å². The van der Waals surface area contributed by atoms with Gasteiger partial charge < -0.3 is 9.80 Å². The zero-order valence-electron chi connectivity index (χ0n) is 16.8. The van der Waals surface area contributed by atoms with Crippen molar-refractivity contribution in [2.24, 2.45) is 5.41 Å². The van der Waals surface area contributed by atoms with E-state index in [1.54, 1.807) is 0 Å². The Kier molecular flexibility index (Phi) is 2.40. The Morgan fingerprint density at radius 2 is 1.67 bits per heavy atom. The van der Waals surface area contributed by atoms with Gasteiger partial charge in [0.05, 0.1) is 16.9 Å². The second-order valence-corrected chi connectivity index (χ2v) is 9.87. The molecule has 2 nitrogen and oxygen atoms in total. The van der Waals surface area contributed by atoms with E-state index in [-0.39, 0.29) is 22.5 Å². The van der Waals surface area contributed by atoms with Gasteiger partial charge in [0.15, 0.2) is 0 Å². The molecular formula is C25H26N2. The molecule has 27 heavy (non-hydrogen) atoms. The Morgan fingerprint density at radius 1 is 0.963 bits per heavy atom. The van der Waals surface area contributed by atoms with Crippen LogP contribution in [-0.2, 0) is 5.41 Å². The van der Waals surface area contributed by atoms with E-state index in [9.17, 15) is 0 Å². The van der Waals surface area contributed by atoms with E-state index in [1.165, 1.54) is 39.3 Å². The zero-order valence-corrected chi connectivity index (χ0v) is 16.8. The second-order valence-electron chi connectivity index (χ2n) is 9.87. The SMILES string of the molecule is C=C1C2(C)c3cccc4c3C3N(C(C(C)(C)C)=C4)c4ccccc4N3C12C. The van der Waals surface area contributed by atoms with Crippen molar-refractivity contribution in [3.8, 4) is 0 Å². The van der Waals surface area contributed by atoms with E-state index in [4.69, 9.17) is 0 Å². The van der Waals surface area contributed by atoms with Crippen molar-refractivity contribution in [3.05, 3.63) is 77.0 Å². The molecule has 2 aromatic rings. The van der Waals surface area contributed by atoms with Crippen LogP contribution in [0.2, 0.25) is 0 Å². The van der Waals surface area contributed by atoms with Gasteiger partial charge in [-0.05, 0) is 48.8 Å². The monoisotopic (exact) mass is 354 g/mol. The minimum Gasteiger partial charge on any atom is -0.335 e. The molecule has 0 amide bonds. The molecule has 0 spiro atoms. The predicted octanol–water partition coefficient (Wildman–Crippen LogP) is 6.01. The smallest absolute Gasteiger partial charge is 0.134 e. The Balaban J connectivity index is 1.77. The van der Waals surface area contributed by atoms with Crippen LogP contribution < -0.4 is 9.80 Å². The van der Waals surface area contributed by atoms with E-state index in [0.29, 0.717) is 0 Å². The molecule has 1 fully saturated rings. The Morgan fingerprint density at radius 3 is 2.37 bits per heavy atom. The highest BCUT2D eigenvalue weighted by atomic mass is 15.5. The topological polar surface area (TPSA) is 6.48 Å². The number of rotatable bonds is 0. The van der Waals surface area contributed by atoms with Crippen molar-refractivity contribution >= 4 is 17.5 Å². The van der Waals surface area contributed by atoms with Crippen LogP contribution in [0.4, 0.5) is 11.4 Å². The molecule has 2 heteroatoms. The first kappa shape index (κ1) is 15.6. The van der Waals surface area contributed by atoms with E-state index < -0.39 is 0 Å². The molecule has 2 aromatic carbocycles. The van der Waals surface area contributed by atoms with Crippen LogP contribution in [0, 0.1) is 5.41 Å². The summed E-state index contributed by atoms with van der Waals surface area (Å²) in [4.78, 5) is 5.26. The van der Waals surface area contributed by atoms with Gasteiger partial charge in [-0.15, -0.1) is 0 Å². The fourth-order valence-electron chi connectivity index (χ4n) is 6.05. The highest BCUT2D eigenvalue weighted by molar-refractivity contribution is 5.92. The number of fused-ring (bicyclic) bond motifs is 6. The molecule has 0 aromatic heterocycles. The number of hydrogen-bond donors (Lipinski definition) is 0. The van der Waals surface area contributed by atoms with Gasteiger partial charge in [-0.25, -0.2) is 0 Å². The summed E-state index contributed by atoms with van der Waals surface area (Å²) in [6, 6.07) is 15.8. The Hall–Kier alpha value is -2.48. The van der Waals surface area contributed by atoms with Crippen LogP contribution in [0.15, 0.2) is 60.3 Å². The first-order valence-electron chi connectivity index (χ1n) is 9.95. The summed E-state index contributed by atoms with van der Waals surface area (Å²) >= 11 is 0. The lowest BCUT2D eigenvalue weighted by Crippen LogP contribution is -2.51. The second kappa shape index (κ2) is 4.16. The largest absolute Gasteiger partial charge is 0.335 e. The normalized spacial score (nSPS) is 32.0. The summed E-state index contributed by atoms with van der Waals surface area (Å²) in [6.45, 7) is 16.3. The molecule has 4 aliphatic rings. The van der Waals surface area contributed by atoms with Crippen molar-refractivity contribution in [2.75, 3.05) is 9.80 Å². The lowest BCUT2D eigenvalue weighted by Gasteiger charge is -2.49. The van der Waals surface area contributed by atoms with Gasteiger partial charge in [0.25, 0.3) is 0 Å². The molecule has 0 radical (unpaired) electrons. The third kappa shape index (κ3) is 1.42. The quantitative estimate of drug-likeness (QED) is 0.534. The van der Waals surface area contributed by atoms with Crippen LogP contribution in [-0.4, -0.2) is 5.54 Å². The highest BCUT2D eigenvalue weighted by Crippen LogP contribution is 2.74. The fraction of sp³-hybridized carbons (Fsp3) is 0.360. The highest BCUT2D eigenvalue weighted by Gasteiger charge is 2.75. The maximum absolute atomic E-state index is 4.55. The summed E-state index contributed by atoms with van der Waals surface area (Å²) in [7, 11) is 0. The van der Waals surface area contributed by atoms with Crippen LogP contribution >= 0.6 is 0 Å². The lowest BCUT2D eigenvalue weighted by molar-refractivity contribution is 0.422. The minimum absolute atomic E-state index is 0.0189. The molecule has 0 saturated heterocycles. The van der Waals surface area contributed by atoms with Gasteiger partial charge in [-0.3, -0.25) is 0 Å². The van der Waals surface area contributed by atoms with Gasteiger partial charge in [0.1, 0.15) is 6.17 Å². The van der Waals surface area contributed by atoms with E-state index in [0.717, 1.165) is 0 Å². The van der Waals surface area contributed by atoms with Crippen molar-refractivity contribution in [2.45, 2.75) is 51.7 Å². The molecule has 1 saturated carbocycles. The first-order valence-corrected chi connectivity index (χ1v) is 9.95. The van der Waals surface area contributed by atoms with Gasteiger partial charge in [-0.2, -0.15) is 0 Å². The molecule has 0 N–H and O–H groups in total. The minimum atomic E-state index is -0.0333. The summed E-state index contributed by atoms with van der Waals surface area (Å²) in [5.41, 5.74) is 9.77.